The summed E-state index contributed by atoms with van der Waals surface area (Å²) in [6.07, 6.45) is -0.473. The molecule has 0 aliphatic carbocycles. The topological polar surface area (TPSA) is 77.5 Å². The first-order valence-corrected chi connectivity index (χ1v) is 7.21. The number of carbonyl (C=O) groups excluding carboxylic acids is 2. The highest BCUT2D eigenvalue weighted by Crippen LogP contribution is 2.25. The van der Waals surface area contributed by atoms with Gasteiger partial charge in [0.1, 0.15) is 0 Å². The number of hydrogen-bond acceptors (Lipinski definition) is 6. The Labute approximate surface area is 124 Å². The van der Waals surface area contributed by atoms with Gasteiger partial charge in [-0.15, -0.1) is 0 Å². The first kappa shape index (κ1) is 15.6. The summed E-state index contributed by atoms with van der Waals surface area (Å²) in [7, 11) is 3.28. The van der Waals surface area contributed by atoms with Crippen LogP contribution < -0.4 is 5.32 Å². The molecule has 3 amide bonds. The Kier molecular flexibility index (Phi) is 4.66. The Morgan fingerprint density at radius 3 is 2.57 bits per heavy atom. The van der Waals surface area contributed by atoms with Gasteiger partial charge in [0.2, 0.25) is 0 Å². The summed E-state index contributed by atoms with van der Waals surface area (Å²) in [4.78, 5) is 34.1. The Hall–Kier alpha value is -1.83. The molecule has 1 fully saturated rings. The van der Waals surface area contributed by atoms with E-state index in [1.165, 1.54) is 4.90 Å². The van der Waals surface area contributed by atoms with Crippen LogP contribution in [0.1, 0.15) is 13.8 Å². The van der Waals surface area contributed by atoms with Gasteiger partial charge >= 0.3 is 6.03 Å². The van der Waals surface area contributed by atoms with E-state index in [0.29, 0.717) is 13.2 Å². The average Bonchev–Trinajstić information content (AvgIpc) is 2.84. The number of rotatable bonds is 5. The van der Waals surface area contributed by atoms with Gasteiger partial charge in [0.25, 0.3) is 5.91 Å². The second-order valence-corrected chi connectivity index (χ2v) is 5.05. The lowest BCUT2D eigenvalue weighted by Crippen LogP contribution is -2.64. The van der Waals surface area contributed by atoms with Crippen molar-refractivity contribution in [3.8, 4) is 0 Å². The van der Waals surface area contributed by atoms with Gasteiger partial charge in [0.05, 0.1) is 6.61 Å². The summed E-state index contributed by atoms with van der Waals surface area (Å²) < 4.78 is 5.13. The summed E-state index contributed by atoms with van der Waals surface area (Å²) >= 11 is 0. The molecule has 0 aromatic carbocycles. The minimum Gasteiger partial charge on any atom is -0.383 e. The second kappa shape index (κ2) is 6.30. The van der Waals surface area contributed by atoms with E-state index in [-0.39, 0.29) is 5.91 Å². The fourth-order valence-corrected chi connectivity index (χ4v) is 2.71. The molecule has 0 bridgehead atoms. The number of imide groups is 1. The molecule has 1 saturated heterocycles. The molecule has 0 aromatic heterocycles. The fourth-order valence-electron chi connectivity index (χ4n) is 2.71. The van der Waals surface area contributed by atoms with Crippen LogP contribution in [0.3, 0.4) is 0 Å². The van der Waals surface area contributed by atoms with Crippen molar-refractivity contribution >= 4 is 17.9 Å². The van der Waals surface area contributed by atoms with Gasteiger partial charge in [0, 0.05) is 33.8 Å². The summed E-state index contributed by atoms with van der Waals surface area (Å²) in [5.41, 5.74) is 0. The number of fused-ring (bicyclic) bond motifs is 1. The molecule has 2 unspecified atom stereocenters. The summed E-state index contributed by atoms with van der Waals surface area (Å²) in [5.74, 6) is 0.453. The molecule has 2 atom stereocenters. The molecule has 118 valence electrons. The van der Waals surface area contributed by atoms with E-state index in [4.69, 9.17) is 4.74 Å². The monoisotopic (exact) mass is 297 g/mol. The van der Waals surface area contributed by atoms with E-state index >= 15 is 0 Å². The van der Waals surface area contributed by atoms with Crippen LogP contribution in [0.2, 0.25) is 0 Å². The lowest BCUT2D eigenvalue weighted by Gasteiger charge is -2.37. The normalized spacial score (nSPS) is 24.9. The molecule has 2 aliphatic rings. The number of ether oxygens (including phenoxy) is 1. The minimum absolute atomic E-state index is 0.301. The van der Waals surface area contributed by atoms with Crippen LogP contribution in [0.15, 0.2) is 4.99 Å². The molecular formula is C13H23N5O3. The van der Waals surface area contributed by atoms with Crippen LogP contribution in [0, 0.1) is 0 Å². The zero-order valence-electron chi connectivity index (χ0n) is 13.0. The molecule has 2 heterocycles. The van der Waals surface area contributed by atoms with Crippen molar-refractivity contribution < 1.29 is 14.3 Å². The summed E-state index contributed by atoms with van der Waals surface area (Å²) in [5, 5.41) is 2.38. The quantitative estimate of drug-likeness (QED) is 0.742. The van der Waals surface area contributed by atoms with Gasteiger partial charge in [-0.25, -0.2) is 9.79 Å². The van der Waals surface area contributed by atoms with E-state index < -0.39 is 18.2 Å². The highest BCUT2D eigenvalue weighted by atomic mass is 16.5. The van der Waals surface area contributed by atoms with Crippen LogP contribution in [-0.4, -0.2) is 85.2 Å². The van der Waals surface area contributed by atoms with Gasteiger partial charge in [0.15, 0.2) is 18.2 Å². The smallest absolute Gasteiger partial charge is 0.325 e. The summed E-state index contributed by atoms with van der Waals surface area (Å²) in [6, 6.07) is -0.893. The Bertz CT molecular complexity index is 449. The number of nitrogens with one attached hydrogen (secondary N) is 1. The van der Waals surface area contributed by atoms with E-state index in [2.05, 4.69) is 15.2 Å². The minimum atomic E-state index is -0.488. The number of urea groups is 1. The Morgan fingerprint density at radius 2 is 2.00 bits per heavy atom. The van der Waals surface area contributed by atoms with Gasteiger partial charge in [-0.3, -0.25) is 10.1 Å². The number of carbonyl (C=O) groups is 2. The van der Waals surface area contributed by atoms with E-state index in [1.807, 2.05) is 18.7 Å². The second-order valence-electron chi connectivity index (χ2n) is 5.05. The first-order chi connectivity index (χ1) is 10.0. The van der Waals surface area contributed by atoms with Crippen LogP contribution in [-0.2, 0) is 9.53 Å². The fraction of sp³-hybridized carbons (Fsp3) is 0.769. The third kappa shape index (κ3) is 2.67. The Balaban J connectivity index is 2.32. The maximum absolute atomic E-state index is 12.2. The maximum atomic E-state index is 12.2. The molecule has 8 nitrogen and oxygen atoms in total. The van der Waals surface area contributed by atoms with Crippen LogP contribution >= 0.6 is 0 Å². The number of hydrogen-bond donors (Lipinski definition) is 1. The molecule has 2 aliphatic heterocycles. The molecule has 0 saturated carbocycles. The summed E-state index contributed by atoms with van der Waals surface area (Å²) in [6.45, 7) is 6.71. The van der Waals surface area contributed by atoms with Crippen molar-refractivity contribution in [2.45, 2.75) is 26.1 Å². The van der Waals surface area contributed by atoms with Crippen molar-refractivity contribution in [2.24, 2.45) is 4.99 Å². The van der Waals surface area contributed by atoms with Crippen molar-refractivity contribution in [2.75, 3.05) is 40.4 Å². The molecular weight excluding hydrogens is 274 g/mol. The van der Waals surface area contributed by atoms with Crippen LogP contribution in [0.25, 0.3) is 0 Å². The number of amides is 3. The highest BCUT2D eigenvalue weighted by Gasteiger charge is 2.49. The molecule has 0 radical (unpaired) electrons. The molecule has 2 rings (SSSR count). The number of nitrogens with zero attached hydrogens (tertiary/aromatic N) is 4. The molecule has 21 heavy (non-hydrogen) atoms. The van der Waals surface area contributed by atoms with Crippen molar-refractivity contribution in [3.05, 3.63) is 0 Å². The van der Waals surface area contributed by atoms with Gasteiger partial charge in [-0.2, -0.15) is 0 Å². The van der Waals surface area contributed by atoms with Gasteiger partial charge in [-0.05, 0) is 13.8 Å². The van der Waals surface area contributed by atoms with Crippen LogP contribution in [0.5, 0.6) is 0 Å². The van der Waals surface area contributed by atoms with Crippen LogP contribution in [0.4, 0.5) is 4.79 Å². The maximum Gasteiger partial charge on any atom is 0.325 e. The first-order valence-electron chi connectivity index (χ1n) is 7.21. The third-order valence-corrected chi connectivity index (χ3v) is 3.92. The standard InChI is InChI=1S/C13H23N5O3/c1-5-17(6-2)12-14-10-9(18(12)7-8-21-4)11(19)15-13(20)16(10)3/h9-10H,5-8H2,1-4H3,(H,15,19,20). The van der Waals surface area contributed by atoms with Crippen molar-refractivity contribution in [1.82, 2.24) is 20.0 Å². The predicted molar refractivity (Wildman–Crippen MR) is 77.8 cm³/mol. The zero-order valence-corrected chi connectivity index (χ0v) is 13.0. The number of likely N-dealkylation sites (N-methyl/N-ethyl adjacent to an activating group) is 1. The van der Waals surface area contributed by atoms with Gasteiger partial charge < -0.3 is 19.4 Å². The SMILES string of the molecule is CCN(CC)C1=NC2C(C(=O)NC(=O)N2C)N1CCOC. The largest absolute Gasteiger partial charge is 0.383 e. The predicted octanol–water partition coefficient (Wildman–Crippen LogP) is -0.477. The van der Waals surface area contributed by atoms with Crippen molar-refractivity contribution in [1.29, 1.82) is 0 Å². The molecule has 1 N–H and O–H groups in total. The van der Waals surface area contributed by atoms with E-state index in [0.717, 1.165) is 19.0 Å². The molecule has 0 spiro atoms. The number of aliphatic imine (C=N–C) groups is 1. The number of methoxy groups -OCH3 is 1. The number of guanidine groups is 1. The lowest BCUT2D eigenvalue weighted by atomic mass is 10.1. The van der Waals surface area contributed by atoms with Gasteiger partial charge in [-0.1, -0.05) is 0 Å². The zero-order chi connectivity index (χ0) is 15.6. The van der Waals surface area contributed by atoms with E-state index in [1.54, 1.807) is 14.2 Å². The molecule has 0 aromatic rings. The third-order valence-electron chi connectivity index (χ3n) is 3.92. The van der Waals surface area contributed by atoms with Crippen molar-refractivity contribution in [3.63, 3.8) is 0 Å². The Morgan fingerprint density at radius 1 is 1.33 bits per heavy atom. The van der Waals surface area contributed by atoms with E-state index in [9.17, 15) is 9.59 Å². The highest BCUT2D eigenvalue weighted by molar-refractivity contribution is 6.03. The molecule has 8 heteroatoms. The lowest BCUT2D eigenvalue weighted by molar-refractivity contribution is -0.127. The average molecular weight is 297 g/mol.